The fourth-order valence-electron chi connectivity index (χ4n) is 3.03. The van der Waals surface area contributed by atoms with Gasteiger partial charge in [-0.2, -0.15) is 0 Å². The van der Waals surface area contributed by atoms with Crippen molar-refractivity contribution in [3.8, 4) is 5.75 Å². The Morgan fingerprint density at radius 3 is 2.41 bits per heavy atom. The van der Waals surface area contributed by atoms with E-state index in [1.807, 2.05) is 12.1 Å². The molecule has 2 N–H and O–H groups in total. The molecule has 0 amide bonds. The molecule has 2 heteroatoms. The van der Waals surface area contributed by atoms with Crippen LogP contribution in [0.2, 0.25) is 0 Å². The Balaban J connectivity index is 1.88. The number of hydrogen-bond donors (Lipinski definition) is 2. The first kappa shape index (κ1) is 12.4. The second kappa shape index (κ2) is 4.69. The van der Waals surface area contributed by atoms with Crippen molar-refractivity contribution >= 4 is 0 Å². The molecule has 1 aromatic rings. The number of aromatic hydroxyl groups is 1. The largest absolute Gasteiger partial charge is 0.508 e. The molecule has 0 spiro atoms. The number of phenolic OH excluding ortho intramolecular Hbond substituents is 1. The number of phenols is 1. The molecule has 1 aliphatic carbocycles. The van der Waals surface area contributed by atoms with E-state index in [9.17, 15) is 5.11 Å². The second-order valence-corrected chi connectivity index (χ2v) is 6.20. The Hall–Kier alpha value is -1.02. The van der Waals surface area contributed by atoms with E-state index in [1.54, 1.807) is 12.1 Å². The minimum atomic E-state index is 0.337. The third-order valence-corrected chi connectivity index (χ3v) is 3.84. The highest BCUT2D eigenvalue weighted by atomic mass is 16.3. The first-order valence-corrected chi connectivity index (χ1v) is 6.48. The lowest BCUT2D eigenvalue weighted by molar-refractivity contribution is 0.362. The van der Waals surface area contributed by atoms with Crippen LogP contribution in [-0.2, 0) is 6.54 Å². The van der Waals surface area contributed by atoms with Crippen molar-refractivity contribution in [1.82, 2.24) is 5.32 Å². The van der Waals surface area contributed by atoms with E-state index in [0.29, 0.717) is 17.2 Å². The van der Waals surface area contributed by atoms with E-state index in [2.05, 4.69) is 26.1 Å². The maximum absolute atomic E-state index is 9.23. The molecule has 1 aromatic carbocycles. The summed E-state index contributed by atoms with van der Waals surface area (Å²) in [6.07, 6.45) is 2.56. The van der Waals surface area contributed by atoms with Crippen LogP contribution in [0.25, 0.3) is 0 Å². The molecule has 0 heterocycles. The minimum absolute atomic E-state index is 0.337. The van der Waals surface area contributed by atoms with Gasteiger partial charge in [-0.3, -0.25) is 0 Å². The predicted octanol–water partition coefficient (Wildman–Crippen LogP) is 3.31. The van der Waals surface area contributed by atoms with E-state index >= 15 is 0 Å². The van der Waals surface area contributed by atoms with E-state index in [4.69, 9.17) is 0 Å². The summed E-state index contributed by atoms with van der Waals surface area (Å²) in [5, 5.41) is 12.9. The van der Waals surface area contributed by atoms with Gasteiger partial charge in [0.25, 0.3) is 0 Å². The van der Waals surface area contributed by atoms with Crippen LogP contribution in [-0.4, -0.2) is 11.1 Å². The maximum atomic E-state index is 9.23. The third-order valence-electron chi connectivity index (χ3n) is 3.84. The van der Waals surface area contributed by atoms with Crippen molar-refractivity contribution < 1.29 is 5.11 Å². The summed E-state index contributed by atoms with van der Waals surface area (Å²) in [4.78, 5) is 0. The summed E-state index contributed by atoms with van der Waals surface area (Å²) >= 11 is 0. The van der Waals surface area contributed by atoms with Gasteiger partial charge in [0, 0.05) is 12.6 Å². The van der Waals surface area contributed by atoms with Crippen molar-refractivity contribution in [1.29, 1.82) is 0 Å². The monoisotopic (exact) mass is 233 g/mol. The lowest BCUT2D eigenvalue weighted by Gasteiger charge is -2.18. The van der Waals surface area contributed by atoms with Crippen molar-refractivity contribution in [2.24, 2.45) is 11.3 Å². The van der Waals surface area contributed by atoms with E-state index < -0.39 is 0 Å². The Kier molecular flexibility index (Phi) is 3.43. The maximum Gasteiger partial charge on any atom is 0.115 e. The van der Waals surface area contributed by atoms with Crippen molar-refractivity contribution in [3.63, 3.8) is 0 Å². The highest BCUT2D eigenvalue weighted by Gasteiger charge is 2.36. The fourth-order valence-corrected chi connectivity index (χ4v) is 3.03. The molecule has 2 rings (SSSR count). The van der Waals surface area contributed by atoms with Gasteiger partial charge in [0.1, 0.15) is 5.75 Å². The molecular weight excluding hydrogens is 210 g/mol. The summed E-state index contributed by atoms with van der Waals surface area (Å²) in [5.74, 6) is 1.09. The first-order chi connectivity index (χ1) is 7.96. The van der Waals surface area contributed by atoms with Crippen LogP contribution in [0.15, 0.2) is 24.3 Å². The zero-order valence-electron chi connectivity index (χ0n) is 11.0. The fraction of sp³-hybridized carbons (Fsp3) is 0.600. The minimum Gasteiger partial charge on any atom is -0.508 e. The topological polar surface area (TPSA) is 32.3 Å². The zero-order chi connectivity index (χ0) is 12.5. The summed E-state index contributed by atoms with van der Waals surface area (Å²) < 4.78 is 0. The predicted molar refractivity (Wildman–Crippen MR) is 70.9 cm³/mol. The van der Waals surface area contributed by atoms with E-state index in [-0.39, 0.29) is 0 Å². The molecule has 1 saturated carbocycles. The van der Waals surface area contributed by atoms with Gasteiger partial charge in [0.2, 0.25) is 0 Å². The van der Waals surface area contributed by atoms with Crippen LogP contribution in [0.4, 0.5) is 0 Å². The highest BCUT2D eigenvalue weighted by molar-refractivity contribution is 5.25. The SMILES string of the molecule is CC1CC(C)(C)CC1NCc1ccc(O)cc1. The van der Waals surface area contributed by atoms with Gasteiger partial charge in [-0.05, 0) is 41.9 Å². The normalized spacial score (nSPS) is 27.2. The van der Waals surface area contributed by atoms with Crippen molar-refractivity contribution in [3.05, 3.63) is 29.8 Å². The smallest absolute Gasteiger partial charge is 0.115 e. The molecule has 1 fully saturated rings. The molecule has 0 aliphatic heterocycles. The molecule has 2 atom stereocenters. The average Bonchev–Trinajstić information content (AvgIpc) is 2.51. The molecular formula is C15H23NO. The summed E-state index contributed by atoms with van der Waals surface area (Å²) in [7, 11) is 0. The van der Waals surface area contributed by atoms with Gasteiger partial charge in [-0.1, -0.05) is 32.9 Å². The Labute approximate surface area is 104 Å². The summed E-state index contributed by atoms with van der Waals surface area (Å²) in [6.45, 7) is 7.94. The zero-order valence-corrected chi connectivity index (χ0v) is 11.0. The first-order valence-electron chi connectivity index (χ1n) is 6.48. The van der Waals surface area contributed by atoms with Crippen LogP contribution < -0.4 is 5.32 Å². The molecule has 0 radical (unpaired) electrons. The lowest BCUT2D eigenvalue weighted by atomic mass is 9.91. The van der Waals surface area contributed by atoms with Gasteiger partial charge >= 0.3 is 0 Å². The van der Waals surface area contributed by atoms with Crippen LogP contribution in [0.1, 0.15) is 39.2 Å². The number of rotatable bonds is 3. The number of benzene rings is 1. The van der Waals surface area contributed by atoms with Crippen molar-refractivity contribution in [2.75, 3.05) is 0 Å². The van der Waals surface area contributed by atoms with Crippen LogP contribution in [0.5, 0.6) is 5.75 Å². The number of hydrogen-bond acceptors (Lipinski definition) is 2. The van der Waals surface area contributed by atoms with Gasteiger partial charge < -0.3 is 10.4 Å². The van der Waals surface area contributed by atoms with Crippen molar-refractivity contribution in [2.45, 2.75) is 46.2 Å². The molecule has 17 heavy (non-hydrogen) atoms. The second-order valence-electron chi connectivity index (χ2n) is 6.20. The molecule has 0 aromatic heterocycles. The highest BCUT2D eigenvalue weighted by Crippen LogP contribution is 2.40. The molecule has 1 aliphatic rings. The third kappa shape index (κ3) is 3.22. The Morgan fingerprint density at radius 1 is 1.24 bits per heavy atom. The van der Waals surface area contributed by atoms with Gasteiger partial charge in [0.15, 0.2) is 0 Å². The van der Waals surface area contributed by atoms with Crippen LogP contribution in [0.3, 0.4) is 0 Å². The quantitative estimate of drug-likeness (QED) is 0.839. The summed E-state index contributed by atoms with van der Waals surface area (Å²) in [5.41, 5.74) is 1.71. The van der Waals surface area contributed by atoms with Crippen LogP contribution >= 0.6 is 0 Å². The van der Waals surface area contributed by atoms with Crippen LogP contribution in [0, 0.1) is 11.3 Å². The molecule has 2 unspecified atom stereocenters. The summed E-state index contributed by atoms with van der Waals surface area (Å²) in [6, 6.07) is 8.08. The Morgan fingerprint density at radius 2 is 1.88 bits per heavy atom. The standard InChI is InChI=1S/C15H23NO/c1-11-8-15(2,3)9-14(11)16-10-12-4-6-13(17)7-5-12/h4-7,11,14,16-17H,8-10H2,1-3H3. The number of nitrogens with one attached hydrogen (secondary N) is 1. The van der Waals surface area contributed by atoms with Gasteiger partial charge in [-0.25, -0.2) is 0 Å². The molecule has 94 valence electrons. The van der Waals surface area contributed by atoms with Gasteiger partial charge in [0.05, 0.1) is 0 Å². The van der Waals surface area contributed by atoms with E-state index in [1.165, 1.54) is 18.4 Å². The van der Waals surface area contributed by atoms with E-state index in [0.717, 1.165) is 12.5 Å². The average molecular weight is 233 g/mol. The molecule has 0 bridgehead atoms. The lowest BCUT2D eigenvalue weighted by Crippen LogP contribution is -2.31. The van der Waals surface area contributed by atoms with Gasteiger partial charge in [-0.15, -0.1) is 0 Å². The molecule has 0 saturated heterocycles. The molecule has 2 nitrogen and oxygen atoms in total. The Bertz CT molecular complexity index is 369.